The van der Waals surface area contributed by atoms with Gasteiger partial charge in [-0.2, -0.15) is 13.2 Å². The van der Waals surface area contributed by atoms with Gasteiger partial charge in [-0.15, -0.1) is 0 Å². The van der Waals surface area contributed by atoms with Gasteiger partial charge in [0.1, 0.15) is 41.2 Å². The van der Waals surface area contributed by atoms with Crippen molar-refractivity contribution in [3.63, 3.8) is 0 Å². The van der Waals surface area contributed by atoms with Crippen molar-refractivity contribution in [2.45, 2.75) is 101 Å². The Morgan fingerprint density at radius 3 is 2.43 bits per heavy atom. The number of hydrogen-bond acceptors (Lipinski definition) is 10. The molecule has 6 heterocycles. The highest BCUT2D eigenvalue weighted by Crippen LogP contribution is 2.61. The van der Waals surface area contributed by atoms with Crippen molar-refractivity contribution in [2.24, 2.45) is 11.1 Å². The van der Waals surface area contributed by atoms with Crippen molar-refractivity contribution in [2.75, 3.05) is 37.0 Å². The number of amides is 5. The van der Waals surface area contributed by atoms with Gasteiger partial charge in [0.15, 0.2) is 0 Å². The van der Waals surface area contributed by atoms with Gasteiger partial charge < -0.3 is 35.2 Å². The van der Waals surface area contributed by atoms with Crippen LogP contribution in [0.3, 0.4) is 0 Å². The van der Waals surface area contributed by atoms with Gasteiger partial charge >= 0.3 is 6.18 Å². The van der Waals surface area contributed by atoms with Crippen LogP contribution in [0, 0.1) is 11.2 Å². The van der Waals surface area contributed by atoms with E-state index in [0.717, 1.165) is 12.3 Å². The van der Waals surface area contributed by atoms with E-state index < -0.39 is 64.4 Å². The second kappa shape index (κ2) is 17.3. The minimum absolute atomic E-state index is 0.00314. The lowest BCUT2D eigenvalue weighted by Gasteiger charge is -2.41. The number of hydrogen-bond donors (Lipinski definition) is 3. The highest BCUT2D eigenvalue weighted by molar-refractivity contribution is 6.30. The molecule has 0 radical (unpaired) electrons. The number of rotatable bonds is 9. The SMILES string of the molecule is COc1cc(C(=O)N2CCC(Oc3ccc4c(c3)CN(C3CCC(=O)NC3=O)C4=O)CC2)ccc1N1[C@@H](CC(C)(C)C)[C@@]2(CNc3cc(C(F)(F)F)ncc32)[C@@H](c2cccc(Cl)c2F)[C@@H]1C(N)=O. The number of likely N-dealkylation sites (tertiary alicyclic amines) is 1. The van der Waals surface area contributed by atoms with E-state index in [1.54, 1.807) is 52.3 Å². The monoisotopic (exact) mass is 959 g/mol. The number of piperidine rings is 2. The van der Waals surface area contributed by atoms with Crippen LogP contribution in [-0.4, -0.2) is 95.3 Å². The highest BCUT2D eigenvalue weighted by atomic mass is 35.5. The average molecular weight is 960 g/mol. The van der Waals surface area contributed by atoms with Gasteiger partial charge in [0.2, 0.25) is 17.7 Å². The summed E-state index contributed by atoms with van der Waals surface area (Å²) in [4.78, 5) is 74.5. The molecule has 3 saturated heterocycles. The number of anilines is 2. The van der Waals surface area contributed by atoms with Gasteiger partial charge in [0.25, 0.3) is 11.8 Å². The summed E-state index contributed by atoms with van der Waals surface area (Å²) in [7, 11) is 1.42. The third kappa shape index (κ3) is 8.13. The van der Waals surface area contributed by atoms with E-state index in [4.69, 9.17) is 26.8 Å². The zero-order valence-corrected chi connectivity index (χ0v) is 38.5. The molecule has 358 valence electrons. The van der Waals surface area contributed by atoms with E-state index in [1.165, 1.54) is 24.1 Å². The highest BCUT2D eigenvalue weighted by Gasteiger charge is 2.66. The number of primary amides is 1. The predicted octanol–water partition coefficient (Wildman–Crippen LogP) is 6.97. The number of fused-ring (bicyclic) bond motifs is 3. The number of alkyl halides is 3. The molecular weight excluding hydrogens is 910 g/mol. The second-order valence-corrected chi connectivity index (χ2v) is 19.8. The molecule has 3 fully saturated rings. The molecule has 68 heavy (non-hydrogen) atoms. The van der Waals surface area contributed by atoms with Crippen LogP contribution >= 0.6 is 11.6 Å². The molecule has 5 aliphatic heterocycles. The lowest BCUT2D eigenvalue weighted by molar-refractivity contribution is -0.141. The molecule has 5 atom stereocenters. The van der Waals surface area contributed by atoms with E-state index in [9.17, 15) is 37.1 Å². The number of imide groups is 1. The molecule has 4 aromatic rings. The van der Waals surface area contributed by atoms with Crippen LogP contribution < -0.4 is 30.7 Å². The van der Waals surface area contributed by atoms with Gasteiger partial charge in [-0.1, -0.05) is 44.5 Å². The number of halogens is 5. The van der Waals surface area contributed by atoms with Crippen LogP contribution in [0.5, 0.6) is 11.5 Å². The lowest BCUT2D eigenvalue weighted by atomic mass is 9.63. The molecule has 0 aliphatic carbocycles. The fourth-order valence-corrected chi connectivity index (χ4v) is 11.2. The first-order valence-corrected chi connectivity index (χ1v) is 22.8. The van der Waals surface area contributed by atoms with Crippen molar-refractivity contribution < 1.29 is 51.0 Å². The van der Waals surface area contributed by atoms with E-state index >= 15 is 4.39 Å². The fourth-order valence-electron chi connectivity index (χ4n) is 11.0. The zero-order chi connectivity index (χ0) is 48.6. The molecule has 19 heteroatoms. The molecule has 14 nitrogen and oxygen atoms in total. The molecule has 5 amide bonds. The Morgan fingerprint density at radius 1 is 1.00 bits per heavy atom. The van der Waals surface area contributed by atoms with Gasteiger partial charge in [-0.3, -0.25) is 34.3 Å². The summed E-state index contributed by atoms with van der Waals surface area (Å²) in [5, 5.41) is 5.26. The summed E-state index contributed by atoms with van der Waals surface area (Å²) >= 11 is 6.39. The summed E-state index contributed by atoms with van der Waals surface area (Å²) in [6.45, 7) is 6.88. The van der Waals surface area contributed by atoms with Crippen molar-refractivity contribution >= 4 is 52.5 Å². The maximum absolute atomic E-state index is 16.5. The Hall–Kier alpha value is -6.43. The molecule has 3 aromatic carbocycles. The van der Waals surface area contributed by atoms with E-state index in [1.807, 2.05) is 20.8 Å². The first-order chi connectivity index (χ1) is 32.2. The number of carbonyl (C=O) groups is 5. The maximum atomic E-state index is 16.5. The third-order valence-corrected chi connectivity index (χ3v) is 14.3. The Balaban J connectivity index is 0.987. The molecule has 1 spiro atoms. The van der Waals surface area contributed by atoms with Crippen molar-refractivity contribution in [3.8, 4) is 11.5 Å². The number of nitrogens with zero attached hydrogens (tertiary/aromatic N) is 4. The first kappa shape index (κ1) is 46.7. The Kier molecular flexibility index (Phi) is 11.9. The minimum Gasteiger partial charge on any atom is -0.495 e. The minimum atomic E-state index is -4.75. The van der Waals surface area contributed by atoms with E-state index in [-0.39, 0.29) is 71.8 Å². The molecule has 1 aromatic heterocycles. The lowest BCUT2D eigenvalue weighted by Crippen LogP contribution is -2.52. The van der Waals surface area contributed by atoms with Crippen LogP contribution in [0.4, 0.5) is 28.9 Å². The van der Waals surface area contributed by atoms with Crippen molar-refractivity contribution in [1.29, 1.82) is 0 Å². The Labute approximate surface area is 394 Å². The normalized spacial score (nSPS) is 24.0. The van der Waals surface area contributed by atoms with E-state index in [2.05, 4.69) is 15.6 Å². The summed E-state index contributed by atoms with van der Waals surface area (Å²) in [5.74, 6) is -3.36. The summed E-state index contributed by atoms with van der Waals surface area (Å²) < 4.78 is 70.9. The summed E-state index contributed by atoms with van der Waals surface area (Å²) in [6.07, 6.45) is -2.08. The van der Waals surface area contributed by atoms with E-state index in [0.29, 0.717) is 66.0 Å². The largest absolute Gasteiger partial charge is 0.495 e. The number of benzene rings is 3. The van der Waals surface area contributed by atoms with Crippen LogP contribution in [0.25, 0.3) is 0 Å². The smallest absolute Gasteiger partial charge is 0.433 e. The van der Waals surface area contributed by atoms with Gasteiger partial charge in [-0.25, -0.2) is 4.39 Å². The standard InChI is InChI=1S/C49H50ClF4N7O7/c1-47(2,3)21-38-48(24-57-33-20-37(49(52,53)54)56-22-31(33)48)40(30-6-5-7-32(50)41(30)51)42(43(55)63)61(38)34-11-8-25(19-36(34)67-4)45(65)59-16-14-27(15-17-59)68-28-9-10-29-26(18-28)23-60(46(29)66)35-12-13-39(62)58-44(35)64/h5-11,18-20,22,27,35,38,40,42,57H,12-17,21,23-24H2,1-4H3,(H2,55,63)(H,58,62,64)/t35?,38-,40-,42+,48-/m0/s1. The summed E-state index contributed by atoms with van der Waals surface area (Å²) in [6, 6.07) is 12.6. The van der Waals surface area contributed by atoms with Crippen LogP contribution in [0.15, 0.2) is 66.9 Å². The van der Waals surface area contributed by atoms with Crippen molar-refractivity contribution in [3.05, 3.63) is 111 Å². The molecule has 5 aliphatic rings. The number of nitrogens with one attached hydrogen (secondary N) is 2. The molecule has 0 bridgehead atoms. The second-order valence-electron chi connectivity index (χ2n) is 19.4. The summed E-state index contributed by atoms with van der Waals surface area (Å²) in [5.41, 5.74) is 5.86. The number of pyridine rings is 1. The topological polar surface area (TPSA) is 176 Å². The Morgan fingerprint density at radius 2 is 1.75 bits per heavy atom. The van der Waals surface area contributed by atoms with Crippen LogP contribution in [0.1, 0.15) is 102 Å². The molecule has 1 unspecified atom stereocenters. The van der Waals surface area contributed by atoms with Crippen LogP contribution in [-0.2, 0) is 32.5 Å². The quantitative estimate of drug-likeness (QED) is 0.117. The number of methoxy groups -OCH3 is 1. The van der Waals surface area contributed by atoms with Crippen LogP contribution in [0.2, 0.25) is 5.02 Å². The van der Waals surface area contributed by atoms with Gasteiger partial charge in [0, 0.05) is 91.4 Å². The number of nitrogens with two attached hydrogens (primary N) is 1. The third-order valence-electron chi connectivity index (χ3n) is 14.0. The predicted molar refractivity (Wildman–Crippen MR) is 242 cm³/mol. The van der Waals surface area contributed by atoms with Crippen molar-refractivity contribution in [1.82, 2.24) is 20.1 Å². The fraction of sp³-hybridized carbons (Fsp3) is 0.429. The molecular formula is C49H50ClF4N7O7. The number of carbonyl (C=O) groups excluding carboxylic acids is 5. The first-order valence-electron chi connectivity index (χ1n) is 22.4. The molecule has 9 rings (SSSR count). The molecule has 4 N–H and O–H groups in total. The molecule has 0 saturated carbocycles. The van der Waals surface area contributed by atoms with Gasteiger partial charge in [0.05, 0.1) is 17.8 Å². The van der Waals surface area contributed by atoms with Gasteiger partial charge in [-0.05, 0) is 77.9 Å². The zero-order valence-electron chi connectivity index (χ0n) is 37.7. The average Bonchev–Trinajstić information content (AvgIpc) is 3.92. The maximum Gasteiger partial charge on any atom is 0.433 e. The number of aromatic nitrogens is 1. The number of ether oxygens (including phenoxy) is 2. The Bertz CT molecular complexity index is 2740.